The number of halogens is 1. The van der Waals surface area contributed by atoms with Crippen LogP contribution in [-0.4, -0.2) is 38.5 Å². The number of ether oxygens (including phenoxy) is 1. The molecule has 0 amide bonds. The van der Waals surface area contributed by atoms with Gasteiger partial charge in [-0.05, 0) is 17.7 Å². The molecule has 0 aliphatic carbocycles. The lowest BCUT2D eigenvalue weighted by atomic mass is 10.1. The molecule has 17 heavy (non-hydrogen) atoms. The van der Waals surface area contributed by atoms with Crippen molar-refractivity contribution < 1.29 is 9.84 Å². The second-order valence-corrected chi connectivity index (χ2v) is 4.12. The van der Waals surface area contributed by atoms with E-state index in [4.69, 9.17) is 27.2 Å². The van der Waals surface area contributed by atoms with Gasteiger partial charge in [0.2, 0.25) is 0 Å². The number of nitrogens with zero attached hydrogens (tertiary/aromatic N) is 1. The van der Waals surface area contributed by atoms with Crippen LogP contribution in [-0.2, 0) is 11.3 Å². The molecule has 1 aromatic carbocycles. The zero-order valence-corrected chi connectivity index (χ0v) is 10.8. The van der Waals surface area contributed by atoms with Crippen molar-refractivity contribution in [3.05, 3.63) is 28.8 Å². The quantitative estimate of drug-likeness (QED) is 0.773. The molecule has 96 valence electrons. The molecule has 0 aromatic heterocycles. The van der Waals surface area contributed by atoms with Crippen LogP contribution in [0.25, 0.3) is 0 Å². The Morgan fingerprint density at radius 2 is 2.18 bits per heavy atom. The van der Waals surface area contributed by atoms with Gasteiger partial charge in [-0.3, -0.25) is 0 Å². The summed E-state index contributed by atoms with van der Waals surface area (Å²) in [5.74, 6) is 0. The summed E-state index contributed by atoms with van der Waals surface area (Å²) in [7, 11) is 1.65. The average molecular weight is 259 g/mol. The van der Waals surface area contributed by atoms with Crippen LogP contribution in [0.2, 0.25) is 5.02 Å². The van der Waals surface area contributed by atoms with Gasteiger partial charge in [0.15, 0.2) is 0 Å². The zero-order valence-electron chi connectivity index (χ0n) is 10.0. The Labute approximate surface area is 107 Å². The summed E-state index contributed by atoms with van der Waals surface area (Å²) in [6.07, 6.45) is 0. The first-order valence-corrected chi connectivity index (χ1v) is 5.94. The monoisotopic (exact) mass is 258 g/mol. The fourth-order valence-electron chi connectivity index (χ4n) is 1.68. The molecule has 1 aromatic rings. The van der Waals surface area contributed by atoms with Crippen molar-refractivity contribution in [1.82, 2.24) is 0 Å². The number of aliphatic hydroxyl groups excluding tert-OH is 1. The lowest BCUT2D eigenvalue weighted by Crippen LogP contribution is -2.31. The minimum atomic E-state index is 0.0836. The third kappa shape index (κ3) is 4.16. The maximum Gasteiger partial charge on any atom is 0.0637 e. The number of hydrogen-bond acceptors (Lipinski definition) is 4. The van der Waals surface area contributed by atoms with E-state index in [1.807, 2.05) is 23.1 Å². The Morgan fingerprint density at radius 1 is 1.41 bits per heavy atom. The van der Waals surface area contributed by atoms with E-state index < -0.39 is 0 Å². The molecule has 0 bridgehead atoms. The Kier molecular flexibility index (Phi) is 6.29. The van der Waals surface area contributed by atoms with Crippen molar-refractivity contribution in [2.75, 3.05) is 38.3 Å². The maximum absolute atomic E-state index is 9.08. The highest BCUT2D eigenvalue weighted by atomic mass is 35.5. The van der Waals surface area contributed by atoms with Crippen LogP contribution < -0.4 is 10.6 Å². The van der Waals surface area contributed by atoms with Gasteiger partial charge < -0.3 is 20.5 Å². The first-order valence-electron chi connectivity index (χ1n) is 5.56. The van der Waals surface area contributed by atoms with Gasteiger partial charge in [-0.25, -0.2) is 0 Å². The van der Waals surface area contributed by atoms with Crippen molar-refractivity contribution in [2.24, 2.45) is 5.73 Å². The maximum atomic E-state index is 9.08. The predicted molar refractivity (Wildman–Crippen MR) is 70.5 cm³/mol. The van der Waals surface area contributed by atoms with Gasteiger partial charge in [-0.2, -0.15) is 0 Å². The predicted octanol–water partition coefficient (Wildman–Crippen LogP) is 1.24. The number of nitrogens with two attached hydrogens (primary N) is 1. The van der Waals surface area contributed by atoms with Crippen molar-refractivity contribution >= 4 is 17.3 Å². The molecule has 1 rings (SSSR count). The average Bonchev–Trinajstić information content (AvgIpc) is 2.34. The normalized spacial score (nSPS) is 10.6. The third-order valence-electron chi connectivity index (χ3n) is 2.54. The highest BCUT2D eigenvalue weighted by Gasteiger charge is 2.10. The van der Waals surface area contributed by atoms with E-state index in [0.717, 1.165) is 11.3 Å². The molecule has 0 radical (unpaired) electrons. The minimum Gasteiger partial charge on any atom is -0.395 e. The Morgan fingerprint density at radius 3 is 2.76 bits per heavy atom. The van der Waals surface area contributed by atoms with Gasteiger partial charge in [0, 0.05) is 37.5 Å². The van der Waals surface area contributed by atoms with Crippen LogP contribution in [0.3, 0.4) is 0 Å². The first kappa shape index (κ1) is 14.3. The largest absolute Gasteiger partial charge is 0.395 e. The molecule has 5 heteroatoms. The topological polar surface area (TPSA) is 58.7 Å². The number of anilines is 1. The lowest BCUT2D eigenvalue weighted by molar-refractivity contribution is 0.203. The highest BCUT2D eigenvalue weighted by Crippen LogP contribution is 2.24. The van der Waals surface area contributed by atoms with E-state index in [-0.39, 0.29) is 6.61 Å². The summed E-state index contributed by atoms with van der Waals surface area (Å²) < 4.78 is 5.06. The standard InChI is InChI=1S/C12H19ClN2O2/c1-17-7-5-15(4-6-16)12-8-11(13)3-2-10(12)9-14/h2-3,8,16H,4-7,9,14H2,1H3. The van der Waals surface area contributed by atoms with Gasteiger partial charge >= 0.3 is 0 Å². The molecule has 0 spiro atoms. The second kappa shape index (κ2) is 7.50. The van der Waals surface area contributed by atoms with Crippen LogP contribution >= 0.6 is 11.6 Å². The number of aliphatic hydroxyl groups is 1. The summed E-state index contributed by atoms with van der Waals surface area (Å²) >= 11 is 5.99. The van der Waals surface area contributed by atoms with Gasteiger partial charge in [0.05, 0.1) is 13.2 Å². The fourth-order valence-corrected chi connectivity index (χ4v) is 1.85. The van der Waals surface area contributed by atoms with E-state index in [9.17, 15) is 0 Å². The molecule has 4 nitrogen and oxygen atoms in total. The minimum absolute atomic E-state index is 0.0836. The Hall–Kier alpha value is -0.810. The second-order valence-electron chi connectivity index (χ2n) is 3.68. The molecule has 3 N–H and O–H groups in total. The van der Waals surface area contributed by atoms with Crippen LogP contribution in [0.4, 0.5) is 5.69 Å². The molecular formula is C12H19ClN2O2. The van der Waals surface area contributed by atoms with E-state index in [0.29, 0.717) is 31.3 Å². The van der Waals surface area contributed by atoms with E-state index in [1.54, 1.807) is 7.11 Å². The van der Waals surface area contributed by atoms with Crippen molar-refractivity contribution in [1.29, 1.82) is 0 Å². The number of hydrogen-bond donors (Lipinski definition) is 2. The zero-order chi connectivity index (χ0) is 12.7. The molecule has 0 fully saturated rings. The summed E-state index contributed by atoms with van der Waals surface area (Å²) in [6, 6.07) is 5.60. The van der Waals surface area contributed by atoms with Gasteiger partial charge in [-0.1, -0.05) is 17.7 Å². The third-order valence-corrected chi connectivity index (χ3v) is 2.78. The molecule has 0 heterocycles. The van der Waals surface area contributed by atoms with Gasteiger partial charge in [0.1, 0.15) is 0 Å². The van der Waals surface area contributed by atoms with Gasteiger partial charge in [-0.15, -0.1) is 0 Å². The lowest BCUT2D eigenvalue weighted by Gasteiger charge is -2.26. The molecular weight excluding hydrogens is 240 g/mol. The number of methoxy groups -OCH3 is 1. The Balaban J connectivity index is 2.93. The van der Waals surface area contributed by atoms with E-state index in [1.165, 1.54) is 0 Å². The van der Waals surface area contributed by atoms with Crippen molar-refractivity contribution in [3.8, 4) is 0 Å². The van der Waals surface area contributed by atoms with Crippen LogP contribution in [0.15, 0.2) is 18.2 Å². The summed E-state index contributed by atoms with van der Waals surface area (Å²) in [5.41, 5.74) is 7.68. The number of benzene rings is 1. The van der Waals surface area contributed by atoms with Gasteiger partial charge in [0.25, 0.3) is 0 Å². The smallest absolute Gasteiger partial charge is 0.0637 e. The van der Waals surface area contributed by atoms with Crippen LogP contribution in [0.1, 0.15) is 5.56 Å². The molecule has 0 atom stereocenters. The first-order chi connectivity index (χ1) is 8.22. The van der Waals surface area contributed by atoms with Crippen molar-refractivity contribution in [3.63, 3.8) is 0 Å². The molecule has 0 saturated carbocycles. The molecule has 0 unspecified atom stereocenters. The molecule has 0 saturated heterocycles. The summed E-state index contributed by atoms with van der Waals surface area (Å²) in [6.45, 7) is 2.36. The van der Waals surface area contributed by atoms with E-state index in [2.05, 4.69) is 0 Å². The molecule has 0 aliphatic rings. The SMILES string of the molecule is COCCN(CCO)c1cc(Cl)ccc1CN. The summed E-state index contributed by atoms with van der Waals surface area (Å²) in [4.78, 5) is 2.03. The van der Waals surface area contributed by atoms with Crippen LogP contribution in [0, 0.1) is 0 Å². The summed E-state index contributed by atoms with van der Waals surface area (Å²) in [5, 5.41) is 9.75. The number of rotatable bonds is 7. The fraction of sp³-hybridized carbons (Fsp3) is 0.500. The Bertz CT molecular complexity index is 347. The molecule has 0 aliphatic heterocycles. The van der Waals surface area contributed by atoms with Crippen molar-refractivity contribution in [2.45, 2.75) is 6.54 Å². The van der Waals surface area contributed by atoms with Crippen LogP contribution in [0.5, 0.6) is 0 Å². The highest BCUT2D eigenvalue weighted by molar-refractivity contribution is 6.30. The van der Waals surface area contributed by atoms with E-state index >= 15 is 0 Å².